The molecule has 1 heterocycles. The molecule has 0 bridgehead atoms. The molecule has 2 N–H and O–H groups in total. The smallest absolute Gasteiger partial charge is 0.0860 e. The van der Waals surface area contributed by atoms with E-state index >= 15 is 0 Å². The fourth-order valence-electron chi connectivity index (χ4n) is 1.48. The Labute approximate surface area is 97.1 Å². The minimum Gasteiger partial charge on any atom is -0.390 e. The predicted octanol–water partition coefficient (Wildman–Crippen LogP) is -0.215. The zero-order chi connectivity index (χ0) is 11.8. The first-order valence-corrected chi connectivity index (χ1v) is 5.69. The molecule has 5 heteroatoms. The van der Waals surface area contributed by atoms with Crippen molar-refractivity contribution in [1.82, 2.24) is 20.0 Å². The number of aromatic nitrogens is 2. The third kappa shape index (κ3) is 5.85. The van der Waals surface area contributed by atoms with Gasteiger partial charge in [-0.25, -0.2) is 0 Å². The van der Waals surface area contributed by atoms with Crippen LogP contribution in [-0.4, -0.2) is 59.6 Å². The number of nitrogens with zero attached hydrogens (tertiary/aromatic N) is 3. The Morgan fingerprint density at radius 1 is 1.50 bits per heavy atom. The van der Waals surface area contributed by atoms with Gasteiger partial charge in [-0.05, 0) is 39.7 Å². The first-order valence-electron chi connectivity index (χ1n) is 5.69. The zero-order valence-electron chi connectivity index (χ0n) is 10.1. The fraction of sp³-hybridized carbons (Fsp3) is 0.727. The SMILES string of the molecule is CN(C)CCCNCC(O)Cn1cccn1. The second kappa shape index (κ2) is 7.38. The molecule has 0 saturated carbocycles. The minimum atomic E-state index is -0.376. The first-order chi connectivity index (χ1) is 7.68. The normalized spacial score (nSPS) is 13.2. The van der Waals surface area contributed by atoms with Crippen LogP contribution in [0.5, 0.6) is 0 Å². The average Bonchev–Trinajstić information content (AvgIpc) is 2.69. The molecule has 0 aliphatic heterocycles. The van der Waals surface area contributed by atoms with Gasteiger partial charge in [0.05, 0.1) is 12.6 Å². The van der Waals surface area contributed by atoms with Gasteiger partial charge in [0.25, 0.3) is 0 Å². The number of hydrogen-bond donors (Lipinski definition) is 2. The topological polar surface area (TPSA) is 53.3 Å². The van der Waals surface area contributed by atoms with E-state index in [1.807, 2.05) is 12.3 Å². The Morgan fingerprint density at radius 2 is 2.31 bits per heavy atom. The summed E-state index contributed by atoms with van der Waals surface area (Å²) < 4.78 is 1.74. The Morgan fingerprint density at radius 3 is 2.94 bits per heavy atom. The summed E-state index contributed by atoms with van der Waals surface area (Å²) in [7, 11) is 4.12. The quantitative estimate of drug-likeness (QED) is 0.602. The van der Waals surface area contributed by atoms with Gasteiger partial charge in [0.2, 0.25) is 0 Å². The monoisotopic (exact) mass is 226 g/mol. The van der Waals surface area contributed by atoms with E-state index in [0.29, 0.717) is 13.1 Å². The van der Waals surface area contributed by atoms with E-state index in [4.69, 9.17) is 0 Å². The Bertz CT molecular complexity index is 261. The van der Waals surface area contributed by atoms with Crippen LogP contribution in [0, 0.1) is 0 Å². The van der Waals surface area contributed by atoms with Crippen molar-refractivity contribution >= 4 is 0 Å². The van der Waals surface area contributed by atoms with Crippen molar-refractivity contribution in [3.8, 4) is 0 Å². The molecule has 1 rings (SSSR count). The van der Waals surface area contributed by atoms with E-state index in [2.05, 4.69) is 29.4 Å². The Balaban J connectivity index is 2.00. The molecule has 1 unspecified atom stereocenters. The summed E-state index contributed by atoms with van der Waals surface area (Å²) in [4.78, 5) is 2.15. The maximum absolute atomic E-state index is 9.70. The number of aliphatic hydroxyl groups is 1. The summed E-state index contributed by atoms with van der Waals surface area (Å²) in [5, 5.41) is 17.0. The fourth-order valence-corrected chi connectivity index (χ4v) is 1.48. The molecule has 0 amide bonds. The predicted molar refractivity (Wildman–Crippen MR) is 64.3 cm³/mol. The summed E-state index contributed by atoms with van der Waals surface area (Å²) in [5.74, 6) is 0. The van der Waals surface area contributed by atoms with Gasteiger partial charge in [-0.3, -0.25) is 4.68 Å². The van der Waals surface area contributed by atoms with Crippen molar-refractivity contribution in [3.63, 3.8) is 0 Å². The van der Waals surface area contributed by atoms with E-state index in [9.17, 15) is 5.11 Å². The van der Waals surface area contributed by atoms with E-state index in [-0.39, 0.29) is 6.10 Å². The average molecular weight is 226 g/mol. The third-order valence-electron chi connectivity index (χ3n) is 2.30. The molecular formula is C11H22N4O. The summed E-state index contributed by atoms with van der Waals surface area (Å²) >= 11 is 0. The van der Waals surface area contributed by atoms with Gasteiger partial charge in [0.15, 0.2) is 0 Å². The van der Waals surface area contributed by atoms with Crippen molar-refractivity contribution in [2.75, 3.05) is 33.7 Å². The summed E-state index contributed by atoms with van der Waals surface area (Å²) in [6, 6.07) is 1.86. The van der Waals surface area contributed by atoms with Gasteiger partial charge in [0, 0.05) is 18.9 Å². The molecule has 0 spiro atoms. The molecular weight excluding hydrogens is 204 g/mol. The highest BCUT2D eigenvalue weighted by Crippen LogP contribution is 1.90. The van der Waals surface area contributed by atoms with Crippen LogP contribution >= 0.6 is 0 Å². The highest BCUT2D eigenvalue weighted by atomic mass is 16.3. The molecule has 0 aliphatic rings. The molecule has 1 aromatic heterocycles. The summed E-state index contributed by atoms with van der Waals surface area (Å²) in [6.07, 6.45) is 4.30. The van der Waals surface area contributed by atoms with E-state index < -0.39 is 0 Å². The lowest BCUT2D eigenvalue weighted by atomic mass is 10.3. The lowest BCUT2D eigenvalue weighted by molar-refractivity contribution is 0.146. The molecule has 0 aliphatic carbocycles. The first kappa shape index (κ1) is 13.2. The molecule has 0 fully saturated rings. The highest BCUT2D eigenvalue weighted by Gasteiger charge is 2.04. The van der Waals surface area contributed by atoms with Crippen molar-refractivity contribution in [2.24, 2.45) is 0 Å². The van der Waals surface area contributed by atoms with Crippen LogP contribution < -0.4 is 5.32 Å². The second-order valence-corrected chi connectivity index (χ2v) is 4.24. The largest absolute Gasteiger partial charge is 0.390 e. The number of aliphatic hydroxyl groups excluding tert-OH is 1. The van der Waals surface area contributed by atoms with Crippen LogP contribution in [0.3, 0.4) is 0 Å². The molecule has 0 aromatic carbocycles. The van der Waals surface area contributed by atoms with Gasteiger partial charge in [-0.1, -0.05) is 0 Å². The number of rotatable bonds is 8. The summed E-state index contributed by atoms with van der Waals surface area (Å²) in [6.45, 7) is 3.18. The van der Waals surface area contributed by atoms with E-state index in [1.54, 1.807) is 10.9 Å². The third-order valence-corrected chi connectivity index (χ3v) is 2.30. The number of nitrogens with one attached hydrogen (secondary N) is 1. The lowest BCUT2D eigenvalue weighted by Gasteiger charge is -2.13. The number of hydrogen-bond acceptors (Lipinski definition) is 4. The maximum Gasteiger partial charge on any atom is 0.0860 e. The highest BCUT2D eigenvalue weighted by molar-refractivity contribution is 4.78. The minimum absolute atomic E-state index is 0.376. The Kier molecular flexibility index (Phi) is 6.07. The van der Waals surface area contributed by atoms with Gasteiger partial charge in [-0.15, -0.1) is 0 Å². The van der Waals surface area contributed by atoms with E-state index in [0.717, 1.165) is 19.5 Å². The van der Waals surface area contributed by atoms with Crippen LogP contribution in [0.4, 0.5) is 0 Å². The van der Waals surface area contributed by atoms with Gasteiger partial charge in [0.1, 0.15) is 0 Å². The van der Waals surface area contributed by atoms with Gasteiger partial charge < -0.3 is 15.3 Å². The van der Waals surface area contributed by atoms with Crippen molar-refractivity contribution in [3.05, 3.63) is 18.5 Å². The second-order valence-electron chi connectivity index (χ2n) is 4.24. The van der Waals surface area contributed by atoms with Gasteiger partial charge >= 0.3 is 0 Å². The van der Waals surface area contributed by atoms with Crippen LogP contribution in [0.15, 0.2) is 18.5 Å². The molecule has 1 aromatic rings. The van der Waals surface area contributed by atoms with Crippen LogP contribution in [0.2, 0.25) is 0 Å². The molecule has 0 saturated heterocycles. The standard InChI is InChI=1S/C11H22N4O/c1-14(2)7-3-5-12-9-11(16)10-15-8-4-6-13-15/h4,6,8,11-12,16H,3,5,7,9-10H2,1-2H3. The van der Waals surface area contributed by atoms with Crippen LogP contribution in [0.1, 0.15) is 6.42 Å². The van der Waals surface area contributed by atoms with Crippen molar-refractivity contribution < 1.29 is 5.11 Å². The Hall–Kier alpha value is -0.910. The van der Waals surface area contributed by atoms with E-state index in [1.165, 1.54) is 0 Å². The molecule has 92 valence electrons. The lowest BCUT2D eigenvalue weighted by Crippen LogP contribution is -2.32. The van der Waals surface area contributed by atoms with Crippen LogP contribution in [-0.2, 0) is 6.54 Å². The van der Waals surface area contributed by atoms with Crippen molar-refractivity contribution in [1.29, 1.82) is 0 Å². The molecule has 1 atom stereocenters. The molecule has 16 heavy (non-hydrogen) atoms. The summed E-state index contributed by atoms with van der Waals surface area (Å²) in [5.41, 5.74) is 0. The molecule has 0 radical (unpaired) electrons. The van der Waals surface area contributed by atoms with Crippen molar-refractivity contribution in [2.45, 2.75) is 19.1 Å². The molecule has 5 nitrogen and oxygen atoms in total. The van der Waals surface area contributed by atoms with Crippen LogP contribution in [0.25, 0.3) is 0 Å². The maximum atomic E-state index is 9.70. The van der Waals surface area contributed by atoms with Gasteiger partial charge in [-0.2, -0.15) is 5.10 Å². The zero-order valence-corrected chi connectivity index (χ0v) is 10.1.